The first kappa shape index (κ1) is 21.5. The highest BCUT2D eigenvalue weighted by molar-refractivity contribution is 7.99. The highest BCUT2D eigenvalue weighted by Gasteiger charge is 2.14. The Hall–Kier alpha value is -3.18. The largest absolute Gasteiger partial charge is 0.497 e. The lowest BCUT2D eigenvalue weighted by molar-refractivity contribution is -0.115. The fourth-order valence-electron chi connectivity index (χ4n) is 3.04. The van der Waals surface area contributed by atoms with Crippen LogP contribution < -0.4 is 15.0 Å². The zero-order valence-electron chi connectivity index (χ0n) is 17.1. The maximum Gasteiger partial charge on any atom is 0.243 e. The fourth-order valence-corrected chi connectivity index (χ4v) is 3.79. The van der Waals surface area contributed by atoms with Crippen LogP contribution in [-0.4, -0.2) is 25.3 Å². The van der Waals surface area contributed by atoms with Gasteiger partial charge in [0.2, 0.25) is 5.91 Å². The normalized spacial score (nSPS) is 10.3. The van der Waals surface area contributed by atoms with Crippen LogP contribution in [0.15, 0.2) is 96.4 Å². The van der Waals surface area contributed by atoms with Crippen molar-refractivity contribution < 1.29 is 9.53 Å². The SMILES string of the molecule is C=CCSc1ccccc1NC(=O)CN(Cc1ccccc1)c1ccc(OC)cc1. The number of nitrogens with zero attached hydrogens (tertiary/aromatic N) is 1. The minimum Gasteiger partial charge on any atom is -0.497 e. The van der Waals surface area contributed by atoms with E-state index in [9.17, 15) is 4.79 Å². The zero-order valence-corrected chi connectivity index (χ0v) is 17.9. The van der Waals surface area contributed by atoms with Crippen LogP contribution in [0.1, 0.15) is 5.56 Å². The number of amides is 1. The van der Waals surface area contributed by atoms with Crippen molar-refractivity contribution in [2.45, 2.75) is 11.4 Å². The van der Waals surface area contributed by atoms with Crippen molar-refractivity contribution in [1.82, 2.24) is 0 Å². The van der Waals surface area contributed by atoms with E-state index in [1.54, 1.807) is 18.9 Å². The number of ether oxygens (including phenoxy) is 1. The summed E-state index contributed by atoms with van der Waals surface area (Å²) in [5, 5.41) is 3.07. The van der Waals surface area contributed by atoms with E-state index in [1.807, 2.05) is 72.8 Å². The van der Waals surface area contributed by atoms with Crippen LogP contribution in [0.25, 0.3) is 0 Å². The van der Waals surface area contributed by atoms with E-state index in [0.717, 1.165) is 33.3 Å². The van der Waals surface area contributed by atoms with Crippen molar-refractivity contribution in [3.8, 4) is 5.75 Å². The van der Waals surface area contributed by atoms with Crippen LogP contribution in [0.2, 0.25) is 0 Å². The molecule has 0 saturated heterocycles. The molecule has 0 spiro atoms. The van der Waals surface area contributed by atoms with Gasteiger partial charge in [-0.3, -0.25) is 4.79 Å². The maximum atomic E-state index is 12.9. The number of benzene rings is 3. The first-order valence-corrected chi connectivity index (χ1v) is 10.7. The third-order valence-corrected chi connectivity index (χ3v) is 5.58. The quantitative estimate of drug-likeness (QED) is 0.343. The summed E-state index contributed by atoms with van der Waals surface area (Å²) in [6, 6.07) is 25.7. The number of methoxy groups -OCH3 is 1. The van der Waals surface area contributed by atoms with E-state index in [1.165, 1.54) is 0 Å². The second-order valence-electron chi connectivity index (χ2n) is 6.68. The summed E-state index contributed by atoms with van der Waals surface area (Å²) in [7, 11) is 1.64. The zero-order chi connectivity index (χ0) is 21.2. The summed E-state index contributed by atoms with van der Waals surface area (Å²) in [5.41, 5.74) is 2.93. The average Bonchev–Trinajstić information content (AvgIpc) is 2.79. The van der Waals surface area contributed by atoms with E-state index in [0.29, 0.717) is 6.54 Å². The number of thioether (sulfide) groups is 1. The van der Waals surface area contributed by atoms with Gasteiger partial charge < -0.3 is 15.0 Å². The van der Waals surface area contributed by atoms with Gasteiger partial charge in [-0.25, -0.2) is 0 Å². The number of para-hydroxylation sites is 1. The number of anilines is 2. The Balaban J connectivity index is 1.76. The molecule has 0 unspecified atom stereocenters. The molecule has 0 atom stereocenters. The molecule has 3 aromatic rings. The van der Waals surface area contributed by atoms with Gasteiger partial charge in [-0.2, -0.15) is 0 Å². The molecular formula is C25H26N2O2S. The number of carbonyl (C=O) groups is 1. The summed E-state index contributed by atoms with van der Waals surface area (Å²) < 4.78 is 5.27. The van der Waals surface area contributed by atoms with Crippen LogP contribution in [-0.2, 0) is 11.3 Å². The Bertz CT molecular complexity index is 958. The van der Waals surface area contributed by atoms with Gasteiger partial charge in [0.05, 0.1) is 19.3 Å². The molecule has 0 aliphatic rings. The Labute approximate surface area is 182 Å². The van der Waals surface area contributed by atoms with Gasteiger partial charge >= 0.3 is 0 Å². The molecule has 1 amide bonds. The Morgan fingerprint density at radius 3 is 2.43 bits per heavy atom. The monoisotopic (exact) mass is 418 g/mol. The van der Waals surface area contributed by atoms with Gasteiger partial charge in [0.25, 0.3) is 0 Å². The molecule has 3 aromatic carbocycles. The molecule has 0 saturated carbocycles. The number of nitrogens with one attached hydrogen (secondary N) is 1. The van der Waals surface area contributed by atoms with Gasteiger partial charge in [0.15, 0.2) is 0 Å². The molecule has 0 bridgehead atoms. The first-order valence-electron chi connectivity index (χ1n) is 9.75. The molecule has 0 aromatic heterocycles. The van der Waals surface area contributed by atoms with Crippen LogP contribution >= 0.6 is 11.8 Å². The molecule has 5 heteroatoms. The third-order valence-electron chi connectivity index (χ3n) is 4.51. The fraction of sp³-hybridized carbons (Fsp3) is 0.160. The highest BCUT2D eigenvalue weighted by atomic mass is 32.2. The van der Waals surface area contributed by atoms with Crippen molar-refractivity contribution >= 4 is 29.0 Å². The summed E-state index contributed by atoms with van der Waals surface area (Å²) in [4.78, 5) is 16.0. The summed E-state index contributed by atoms with van der Waals surface area (Å²) >= 11 is 1.65. The van der Waals surface area contributed by atoms with Gasteiger partial charge in [-0.05, 0) is 42.0 Å². The molecule has 0 aliphatic carbocycles. The topological polar surface area (TPSA) is 41.6 Å². The Morgan fingerprint density at radius 2 is 1.73 bits per heavy atom. The number of rotatable bonds is 10. The van der Waals surface area contributed by atoms with Crippen molar-refractivity contribution in [1.29, 1.82) is 0 Å². The van der Waals surface area contributed by atoms with E-state index in [4.69, 9.17) is 4.74 Å². The van der Waals surface area contributed by atoms with E-state index in [2.05, 4.69) is 28.9 Å². The lowest BCUT2D eigenvalue weighted by atomic mass is 10.2. The van der Waals surface area contributed by atoms with Crippen molar-refractivity contribution in [3.63, 3.8) is 0 Å². The second-order valence-corrected chi connectivity index (χ2v) is 7.75. The molecule has 154 valence electrons. The smallest absolute Gasteiger partial charge is 0.243 e. The first-order chi connectivity index (χ1) is 14.7. The van der Waals surface area contributed by atoms with Gasteiger partial charge in [0, 0.05) is 22.9 Å². The summed E-state index contributed by atoms with van der Waals surface area (Å²) in [6.45, 7) is 4.64. The number of hydrogen-bond acceptors (Lipinski definition) is 4. The molecule has 4 nitrogen and oxygen atoms in total. The number of hydrogen-bond donors (Lipinski definition) is 1. The second kappa shape index (κ2) is 11.1. The van der Waals surface area contributed by atoms with Crippen LogP contribution in [0, 0.1) is 0 Å². The summed E-state index contributed by atoms with van der Waals surface area (Å²) in [6.07, 6.45) is 1.86. The molecule has 3 rings (SSSR count). The predicted molar refractivity (Wildman–Crippen MR) is 126 cm³/mol. The van der Waals surface area contributed by atoms with Crippen LogP contribution in [0.4, 0.5) is 11.4 Å². The highest BCUT2D eigenvalue weighted by Crippen LogP contribution is 2.27. The third kappa shape index (κ3) is 6.16. The van der Waals surface area contributed by atoms with E-state index >= 15 is 0 Å². The van der Waals surface area contributed by atoms with Gasteiger partial charge in [0.1, 0.15) is 5.75 Å². The molecule has 1 N–H and O–H groups in total. The molecule has 0 fully saturated rings. The Kier molecular flexibility index (Phi) is 7.98. The molecule has 30 heavy (non-hydrogen) atoms. The summed E-state index contributed by atoms with van der Waals surface area (Å²) in [5.74, 6) is 1.52. The maximum absolute atomic E-state index is 12.9. The van der Waals surface area contributed by atoms with Crippen molar-refractivity contribution in [2.75, 3.05) is 29.6 Å². The average molecular weight is 419 g/mol. The predicted octanol–water partition coefficient (Wildman–Crippen LogP) is 5.62. The molecule has 0 radical (unpaired) electrons. The van der Waals surface area contributed by atoms with Crippen LogP contribution in [0.3, 0.4) is 0 Å². The molecule has 0 heterocycles. The Morgan fingerprint density at radius 1 is 1.03 bits per heavy atom. The van der Waals surface area contributed by atoms with E-state index in [-0.39, 0.29) is 12.5 Å². The molecule has 0 aliphatic heterocycles. The number of carbonyl (C=O) groups excluding carboxylic acids is 1. The van der Waals surface area contributed by atoms with Gasteiger partial charge in [-0.1, -0.05) is 48.5 Å². The standard InChI is InChI=1S/C25H26N2O2S/c1-3-17-30-24-12-8-7-11-23(24)26-25(28)19-27(18-20-9-5-4-6-10-20)21-13-15-22(29-2)16-14-21/h3-16H,1,17-19H2,2H3,(H,26,28). The lowest BCUT2D eigenvalue weighted by Gasteiger charge is -2.25. The lowest BCUT2D eigenvalue weighted by Crippen LogP contribution is -2.33. The van der Waals surface area contributed by atoms with E-state index < -0.39 is 0 Å². The minimum absolute atomic E-state index is 0.0617. The van der Waals surface area contributed by atoms with Crippen LogP contribution in [0.5, 0.6) is 5.75 Å². The van der Waals surface area contributed by atoms with Crippen molar-refractivity contribution in [3.05, 3.63) is 97.1 Å². The minimum atomic E-state index is -0.0617. The van der Waals surface area contributed by atoms with Gasteiger partial charge in [-0.15, -0.1) is 18.3 Å². The molecular weight excluding hydrogens is 392 g/mol. The van der Waals surface area contributed by atoms with Crippen molar-refractivity contribution in [2.24, 2.45) is 0 Å².